The summed E-state index contributed by atoms with van der Waals surface area (Å²) in [6.07, 6.45) is 11.8. The molecule has 0 bridgehead atoms. The summed E-state index contributed by atoms with van der Waals surface area (Å²) in [5.74, 6) is 4.08. The van der Waals surface area contributed by atoms with E-state index in [-0.39, 0.29) is 29.7 Å². The van der Waals surface area contributed by atoms with E-state index < -0.39 is 0 Å². The summed E-state index contributed by atoms with van der Waals surface area (Å²) in [6.45, 7) is 9.47. The molecule has 0 nitrogen and oxygen atoms in total. The van der Waals surface area contributed by atoms with E-state index in [0.29, 0.717) is 0 Å². The molecule has 128 valence electrons. The van der Waals surface area contributed by atoms with Gasteiger partial charge in [-0.05, 0) is 23.7 Å². The third kappa shape index (κ3) is 13.0. The Labute approximate surface area is 133 Å². The van der Waals surface area contributed by atoms with Crippen LogP contribution >= 0.6 is 0 Å². The normalized spacial score (nSPS) is 31.8. The summed E-state index contributed by atoms with van der Waals surface area (Å²) >= 11 is 0. The zero-order valence-electron chi connectivity index (χ0n) is 12.0. The van der Waals surface area contributed by atoms with Gasteiger partial charge in [0, 0.05) is 0 Å². The first kappa shape index (κ1) is 28.2. The Kier molecular flexibility index (Phi) is 21.7. The molecule has 2 fully saturated rings. The van der Waals surface area contributed by atoms with Gasteiger partial charge in [-0.25, -0.2) is 0 Å². The smallest absolute Gasteiger partial charge is 0.0443 e. The maximum atomic E-state index is 2.37. The fourth-order valence-electron chi connectivity index (χ4n) is 2.85. The van der Waals surface area contributed by atoms with Gasteiger partial charge in [0.2, 0.25) is 0 Å². The Bertz CT molecular complexity index is 117. The van der Waals surface area contributed by atoms with Gasteiger partial charge in [-0.15, -0.1) is 0 Å². The molecule has 0 radical (unpaired) electrons. The fourth-order valence-corrected chi connectivity index (χ4v) is 2.85. The zero-order valence-corrected chi connectivity index (χ0v) is 12.0. The Hall–Kier alpha value is 0. The van der Waals surface area contributed by atoms with Crippen molar-refractivity contribution in [1.82, 2.24) is 0 Å². The fraction of sp³-hybridized carbons (Fsp3) is 1.00. The van der Waals surface area contributed by atoms with E-state index in [1.54, 1.807) is 0 Å². The highest BCUT2D eigenvalue weighted by atomic mass is 14.2. The summed E-state index contributed by atoms with van der Waals surface area (Å²) in [6, 6.07) is 0. The first-order valence-electron chi connectivity index (χ1n) is 7.58. The van der Waals surface area contributed by atoms with Crippen LogP contribution in [0.1, 0.15) is 109 Å². The zero-order chi connectivity index (χ0) is 12.0. The molecule has 0 saturated heterocycles. The van der Waals surface area contributed by atoms with Crippen LogP contribution in [-0.2, 0) is 0 Å². The minimum Gasteiger partial charge on any atom is -0.0776 e. The maximum absolute atomic E-state index is 2.37. The lowest BCUT2D eigenvalue weighted by Gasteiger charge is -2.22. The molecule has 0 aromatic rings. The molecule has 0 unspecified atom stereocenters. The van der Waals surface area contributed by atoms with Gasteiger partial charge in [0.25, 0.3) is 0 Å². The first-order valence-corrected chi connectivity index (χ1v) is 7.58. The lowest BCUT2D eigenvalue weighted by molar-refractivity contribution is 0.308. The van der Waals surface area contributed by atoms with E-state index >= 15 is 0 Å². The molecule has 2 rings (SSSR count). The minimum absolute atomic E-state index is 0. The van der Waals surface area contributed by atoms with Crippen molar-refractivity contribution in [2.24, 2.45) is 23.7 Å². The Balaban J connectivity index is -0.000000107. The molecule has 0 N–H and O–H groups in total. The van der Waals surface area contributed by atoms with Gasteiger partial charge >= 0.3 is 0 Å². The molecule has 20 heavy (non-hydrogen) atoms. The SMILES string of the molecule is C.C.C.C.CC1CCC(C)CC1.CC1CCC(C)CC1. The molecular formula is C20H48. The maximum Gasteiger partial charge on any atom is -0.0443 e. The van der Waals surface area contributed by atoms with Crippen molar-refractivity contribution < 1.29 is 0 Å². The van der Waals surface area contributed by atoms with Crippen molar-refractivity contribution in [3.05, 3.63) is 0 Å². The quantitative estimate of drug-likeness (QED) is 0.421. The summed E-state index contributed by atoms with van der Waals surface area (Å²) in [4.78, 5) is 0. The van der Waals surface area contributed by atoms with Crippen molar-refractivity contribution in [1.29, 1.82) is 0 Å². The molecule has 0 heteroatoms. The largest absolute Gasteiger partial charge is 0.0776 e. The van der Waals surface area contributed by atoms with Crippen LogP contribution in [0.25, 0.3) is 0 Å². The van der Waals surface area contributed by atoms with E-state index in [4.69, 9.17) is 0 Å². The number of hydrogen-bond donors (Lipinski definition) is 0. The topological polar surface area (TPSA) is 0 Å². The van der Waals surface area contributed by atoms with Crippen molar-refractivity contribution in [3.63, 3.8) is 0 Å². The van der Waals surface area contributed by atoms with Crippen LogP contribution < -0.4 is 0 Å². The lowest BCUT2D eigenvalue weighted by Crippen LogP contribution is -2.08. The van der Waals surface area contributed by atoms with Gasteiger partial charge < -0.3 is 0 Å². The van der Waals surface area contributed by atoms with Crippen LogP contribution in [0.5, 0.6) is 0 Å². The molecule has 2 aliphatic rings. The summed E-state index contributed by atoms with van der Waals surface area (Å²) in [7, 11) is 0. The van der Waals surface area contributed by atoms with E-state index in [1.165, 1.54) is 51.4 Å². The van der Waals surface area contributed by atoms with Gasteiger partial charge in [-0.1, -0.05) is 109 Å². The van der Waals surface area contributed by atoms with Crippen LogP contribution in [0, 0.1) is 23.7 Å². The molecule has 0 aromatic carbocycles. The Morgan fingerprint density at radius 2 is 0.450 bits per heavy atom. The van der Waals surface area contributed by atoms with E-state index in [2.05, 4.69) is 27.7 Å². The summed E-state index contributed by atoms with van der Waals surface area (Å²) in [5.41, 5.74) is 0. The average Bonchev–Trinajstić information content (AvgIpc) is 2.28. The van der Waals surface area contributed by atoms with Crippen LogP contribution in [0.3, 0.4) is 0 Å². The van der Waals surface area contributed by atoms with Gasteiger partial charge in [-0.2, -0.15) is 0 Å². The third-order valence-electron chi connectivity index (χ3n) is 4.61. The third-order valence-corrected chi connectivity index (χ3v) is 4.61. The molecular weight excluding hydrogens is 240 g/mol. The van der Waals surface area contributed by atoms with Crippen LogP contribution in [0.4, 0.5) is 0 Å². The monoisotopic (exact) mass is 288 g/mol. The van der Waals surface area contributed by atoms with E-state index in [0.717, 1.165) is 23.7 Å². The standard InChI is InChI=1S/2C8H16.4CH4/c2*1-7-3-5-8(2)6-4-7;;;;/h2*7-8H,3-6H2,1-2H3;4*1H4. The van der Waals surface area contributed by atoms with E-state index in [1.807, 2.05) is 0 Å². The lowest BCUT2D eigenvalue weighted by atomic mass is 9.84. The summed E-state index contributed by atoms with van der Waals surface area (Å²) in [5, 5.41) is 0. The highest BCUT2D eigenvalue weighted by Gasteiger charge is 2.13. The average molecular weight is 289 g/mol. The van der Waals surface area contributed by atoms with Gasteiger partial charge in [-0.3, -0.25) is 0 Å². The highest BCUT2D eigenvalue weighted by molar-refractivity contribution is 4.66. The van der Waals surface area contributed by atoms with Crippen molar-refractivity contribution in [2.75, 3.05) is 0 Å². The molecule has 0 atom stereocenters. The van der Waals surface area contributed by atoms with Crippen molar-refractivity contribution in [2.45, 2.75) is 109 Å². The second-order valence-electron chi connectivity index (χ2n) is 6.73. The molecule has 0 aliphatic heterocycles. The second-order valence-corrected chi connectivity index (χ2v) is 6.73. The predicted molar refractivity (Wildman–Crippen MR) is 101 cm³/mol. The van der Waals surface area contributed by atoms with Crippen molar-refractivity contribution >= 4 is 0 Å². The van der Waals surface area contributed by atoms with Gasteiger partial charge in [0.15, 0.2) is 0 Å². The summed E-state index contributed by atoms with van der Waals surface area (Å²) < 4.78 is 0. The second kappa shape index (κ2) is 15.4. The molecule has 0 amide bonds. The molecule has 2 aliphatic carbocycles. The minimum atomic E-state index is 0. The van der Waals surface area contributed by atoms with Crippen molar-refractivity contribution in [3.8, 4) is 0 Å². The van der Waals surface area contributed by atoms with Gasteiger partial charge in [0.05, 0.1) is 0 Å². The number of hydrogen-bond acceptors (Lipinski definition) is 0. The molecule has 0 heterocycles. The predicted octanol–water partition coefficient (Wildman–Crippen LogP) is 8.21. The van der Waals surface area contributed by atoms with Crippen LogP contribution in [0.15, 0.2) is 0 Å². The Morgan fingerprint density at radius 3 is 0.550 bits per heavy atom. The first-order chi connectivity index (χ1) is 7.58. The molecule has 0 spiro atoms. The highest BCUT2D eigenvalue weighted by Crippen LogP contribution is 2.27. The number of rotatable bonds is 0. The Morgan fingerprint density at radius 1 is 0.350 bits per heavy atom. The van der Waals surface area contributed by atoms with Gasteiger partial charge in [0.1, 0.15) is 0 Å². The van der Waals surface area contributed by atoms with E-state index in [9.17, 15) is 0 Å². The molecule has 2 saturated carbocycles. The molecule has 0 aromatic heterocycles. The van der Waals surface area contributed by atoms with Crippen LogP contribution in [0.2, 0.25) is 0 Å². The van der Waals surface area contributed by atoms with Crippen LogP contribution in [-0.4, -0.2) is 0 Å².